The molecule has 1 heterocycles. The van der Waals surface area contributed by atoms with Gasteiger partial charge in [0.1, 0.15) is 0 Å². The van der Waals surface area contributed by atoms with Crippen LogP contribution in [-0.4, -0.2) is 17.2 Å². The lowest BCUT2D eigenvalue weighted by Gasteiger charge is -1.96. The number of hydrogen-bond donors (Lipinski definition) is 2. The van der Waals surface area contributed by atoms with Crippen LogP contribution in [0.15, 0.2) is 18.2 Å². The van der Waals surface area contributed by atoms with Gasteiger partial charge < -0.3 is 5.32 Å². The molecular formula is C10H13N3. The molecule has 68 valence electrons. The maximum atomic E-state index is 4.27. The van der Waals surface area contributed by atoms with Crippen molar-refractivity contribution in [3.05, 3.63) is 29.5 Å². The third-order valence-electron chi connectivity index (χ3n) is 2.22. The summed E-state index contributed by atoms with van der Waals surface area (Å²) in [5.41, 5.74) is 3.45. The Morgan fingerprint density at radius 3 is 3.08 bits per heavy atom. The Kier molecular flexibility index (Phi) is 2.02. The number of nitrogens with one attached hydrogen (secondary N) is 2. The summed E-state index contributed by atoms with van der Waals surface area (Å²) < 4.78 is 0. The molecule has 0 saturated carbocycles. The van der Waals surface area contributed by atoms with Crippen molar-refractivity contribution in [2.75, 3.05) is 7.05 Å². The molecule has 1 aromatic heterocycles. The molecule has 0 aliphatic rings. The number of para-hydroxylation sites is 1. The van der Waals surface area contributed by atoms with Crippen molar-refractivity contribution in [3.8, 4) is 0 Å². The Bertz CT molecular complexity index is 417. The summed E-state index contributed by atoms with van der Waals surface area (Å²) in [5, 5.41) is 11.6. The minimum absolute atomic E-state index is 0.833. The monoisotopic (exact) mass is 175 g/mol. The maximum absolute atomic E-state index is 4.27. The number of rotatable bonds is 2. The summed E-state index contributed by atoms with van der Waals surface area (Å²) in [5.74, 6) is 0. The second-order valence-corrected chi connectivity index (χ2v) is 3.20. The molecule has 0 spiro atoms. The van der Waals surface area contributed by atoms with Gasteiger partial charge in [-0.1, -0.05) is 18.2 Å². The molecule has 0 saturated heterocycles. The van der Waals surface area contributed by atoms with Crippen LogP contribution < -0.4 is 5.32 Å². The lowest BCUT2D eigenvalue weighted by Crippen LogP contribution is -2.05. The zero-order valence-corrected chi connectivity index (χ0v) is 7.89. The van der Waals surface area contributed by atoms with Crippen LogP contribution in [0.2, 0.25) is 0 Å². The fourth-order valence-corrected chi connectivity index (χ4v) is 1.55. The van der Waals surface area contributed by atoms with E-state index < -0.39 is 0 Å². The van der Waals surface area contributed by atoms with Gasteiger partial charge in [0.15, 0.2) is 0 Å². The summed E-state index contributed by atoms with van der Waals surface area (Å²) in [6.07, 6.45) is 0. The zero-order valence-electron chi connectivity index (χ0n) is 7.89. The highest BCUT2D eigenvalue weighted by atomic mass is 15.1. The van der Waals surface area contributed by atoms with E-state index in [-0.39, 0.29) is 0 Å². The molecule has 0 aliphatic carbocycles. The number of benzene rings is 1. The second-order valence-electron chi connectivity index (χ2n) is 3.20. The molecule has 2 N–H and O–H groups in total. The van der Waals surface area contributed by atoms with E-state index in [0.29, 0.717) is 0 Å². The van der Waals surface area contributed by atoms with Crippen LogP contribution in [0.5, 0.6) is 0 Å². The zero-order chi connectivity index (χ0) is 9.26. The topological polar surface area (TPSA) is 40.7 Å². The van der Waals surface area contributed by atoms with Crippen molar-refractivity contribution in [2.24, 2.45) is 0 Å². The smallest absolute Gasteiger partial charge is 0.0953 e. The largest absolute Gasteiger partial charge is 0.314 e. The molecule has 0 amide bonds. The second kappa shape index (κ2) is 3.18. The van der Waals surface area contributed by atoms with Gasteiger partial charge in [-0.2, -0.15) is 5.10 Å². The van der Waals surface area contributed by atoms with E-state index in [9.17, 15) is 0 Å². The minimum atomic E-state index is 0.833. The average Bonchev–Trinajstić information content (AvgIpc) is 2.51. The Morgan fingerprint density at radius 2 is 2.31 bits per heavy atom. The number of aryl methyl sites for hydroxylation is 1. The van der Waals surface area contributed by atoms with E-state index in [4.69, 9.17) is 0 Å². The van der Waals surface area contributed by atoms with Gasteiger partial charge in [0.2, 0.25) is 0 Å². The van der Waals surface area contributed by atoms with Gasteiger partial charge in [-0.25, -0.2) is 0 Å². The molecular weight excluding hydrogens is 162 g/mol. The highest BCUT2D eigenvalue weighted by Gasteiger charge is 2.04. The lowest BCUT2D eigenvalue weighted by atomic mass is 10.1. The molecule has 0 unspecified atom stereocenters. The van der Waals surface area contributed by atoms with Gasteiger partial charge in [-0.3, -0.25) is 5.10 Å². The molecule has 3 heteroatoms. The molecule has 0 aliphatic heterocycles. The van der Waals surface area contributed by atoms with E-state index in [1.807, 2.05) is 7.05 Å². The summed E-state index contributed by atoms with van der Waals surface area (Å²) in [6, 6.07) is 6.23. The number of fused-ring (bicyclic) bond motifs is 1. The van der Waals surface area contributed by atoms with Gasteiger partial charge in [0.05, 0.1) is 11.2 Å². The number of hydrogen-bond acceptors (Lipinski definition) is 2. The van der Waals surface area contributed by atoms with Crippen LogP contribution in [0.4, 0.5) is 0 Å². The summed E-state index contributed by atoms with van der Waals surface area (Å²) >= 11 is 0. The molecule has 2 aromatic rings. The van der Waals surface area contributed by atoms with Crippen molar-refractivity contribution in [3.63, 3.8) is 0 Å². The molecule has 2 rings (SSSR count). The summed E-state index contributed by atoms with van der Waals surface area (Å²) in [6.45, 7) is 2.91. The first-order valence-corrected chi connectivity index (χ1v) is 4.40. The Labute approximate surface area is 77.2 Å². The summed E-state index contributed by atoms with van der Waals surface area (Å²) in [7, 11) is 1.93. The van der Waals surface area contributed by atoms with Crippen molar-refractivity contribution in [2.45, 2.75) is 13.5 Å². The van der Waals surface area contributed by atoms with Gasteiger partial charge in [0.25, 0.3) is 0 Å². The lowest BCUT2D eigenvalue weighted by molar-refractivity contribution is 0.789. The number of aromatic nitrogens is 2. The molecule has 1 aromatic carbocycles. The predicted molar refractivity (Wildman–Crippen MR) is 53.6 cm³/mol. The fourth-order valence-electron chi connectivity index (χ4n) is 1.55. The predicted octanol–water partition coefficient (Wildman–Crippen LogP) is 1.59. The normalized spacial score (nSPS) is 10.9. The quantitative estimate of drug-likeness (QED) is 0.727. The Hall–Kier alpha value is -1.35. The first kappa shape index (κ1) is 8.26. The highest BCUT2D eigenvalue weighted by Crippen LogP contribution is 2.18. The molecule has 0 fully saturated rings. The standard InChI is InChI=1S/C10H13N3/c1-7-4-3-5-8-9(6-11-2)12-13-10(7)8/h3-5,11H,6H2,1-2H3,(H,12,13). The van der Waals surface area contributed by atoms with Gasteiger partial charge in [-0.05, 0) is 19.5 Å². The van der Waals surface area contributed by atoms with Gasteiger partial charge >= 0.3 is 0 Å². The molecule has 0 atom stereocenters. The van der Waals surface area contributed by atoms with E-state index in [1.165, 1.54) is 10.9 Å². The van der Waals surface area contributed by atoms with Gasteiger partial charge in [0, 0.05) is 11.9 Å². The van der Waals surface area contributed by atoms with E-state index in [2.05, 4.69) is 40.6 Å². The number of aromatic amines is 1. The van der Waals surface area contributed by atoms with Crippen LogP contribution in [-0.2, 0) is 6.54 Å². The number of H-pyrrole nitrogens is 1. The molecule has 3 nitrogen and oxygen atoms in total. The summed E-state index contributed by atoms with van der Waals surface area (Å²) in [4.78, 5) is 0. The third-order valence-corrected chi connectivity index (χ3v) is 2.22. The van der Waals surface area contributed by atoms with E-state index in [0.717, 1.165) is 17.8 Å². The van der Waals surface area contributed by atoms with Crippen molar-refractivity contribution >= 4 is 10.9 Å². The fraction of sp³-hybridized carbons (Fsp3) is 0.300. The van der Waals surface area contributed by atoms with Crippen molar-refractivity contribution < 1.29 is 0 Å². The van der Waals surface area contributed by atoms with Crippen LogP contribution in [0.3, 0.4) is 0 Å². The van der Waals surface area contributed by atoms with Gasteiger partial charge in [-0.15, -0.1) is 0 Å². The van der Waals surface area contributed by atoms with Crippen LogP contribution in [0, 0.1) is 6.92 Å². The minimum Gasteiger partial charge on any atom is -0.314 e. The first-order chi connectivity index (χ1) is 6.33. The van der Waals surface area contributed by atoms with Crippen LogP contribution in [0.25, 0.3) is 10.9 Å². The maximum Gasteiger partial charge on any atom is 0.0953 e. The van der Waals surface area contributed by atoms with Crippen molar-refractivity contribution in [1.29, 1.82) is 0 Å². The SMILES string of the molecule is CNCc1[nH]nc2c(C)cccc12. The molecule has 0 radical (unpaired) electrons. The highest BCUT2D eigenvalue weighted by molar-refractivity contribution is 5.84. The first-order valence-electron chi connectivity index (χ1n) is 4.40. The Morgan fingerprint density at radius 1 is 1.46 bits per heavy atom. The van der Waals surface area contributed by atoms with E-state index >= 15 is 0 Å². The Balaban J connectivity index is 2.61. The van der Waals surface area contributed by atoms with E-state index in [1.54, 1.807) is 0 Å². The molecule has 13 heavy (non-hydrogen) atoms. The molecule has 0 bridgehead atoms. The van der Waals surface area contributed by atoms with Crippen LogP contribution in [0.1, 0.15) is 11.3 Å². The van der Waals surface area contributed by atoms with Crippen molar-refractivity contribution in [1.82, 2.24) is 15.5 Å². The average molecular weight is 175 g/mol. The third kappa shape index (κ3) is 1.31. The number of nitrogens with zero attached hydrogens (tertiary/aromatic N) is 1. The van der Waals surface area contributed by atoms with Crippen LogP contribution >= 0.6 is 0 Å².